The van der Waals surface area contributed by atoms with Crippen LogP contribution in [-0.4, -0.2) is 21.5 Å². The van der Waals surface area contributed by atoms with Crippen LogP contribution in [0, 0.1) is 0 Å². The second-order valence-corrected chi connectivity index (χ2v) is 5.82. The van der Waals surface area contributed by atoms with Gasteiger partial charge in [-0.05, 0) is 12.3 Å². The Balaban J connectivity index is 2.17. The number of anilines is 2. The molecule has 0 amide bonds. The lowest BCUT2D eigenvalue weighted by Gasteiger charge is -2.17. The summed E-state index contributed by atoms with van der Waals surface area (Å²) in [6.07, 6.45) is 4.50. The normalized spacial score (nSPS) is 10.8. The predicted molar refractivity (Wildman–Crippen MR) is 84.3 cm³/mol. The monoisotopic (exact) mass is 291 g/mol. The molecule has 5 nitrogen and oxygen atoms in total. The summed E-state index contributed by atoms with van der Waals surface area (Å²) in [5.41, 5.74) is 1.14. The molecule has 108 valence electrons. The van der Waals surface area contributed by atoms with Gasteiger partial charge in [0.15, 0.2) is 0 Å². The van der Waals surface area contributed by atoms with Crippen LogP contribution in [0.3, 0.4) is 0 Å². The molecule has 0 saturated heterocycles. The molecule has 0 fully saturated rings. The van der Waals surface area contributed by atoms with Crippen molar-refractivity contribution in [3.63, 3.8) is 0 Å². The summed E-state index contributed by atoms with van der Waals surface area (Å²) in [7, 11) is 0. The molecule has 2 aromatic rings. The summed E-state index contributed by atoms with van der Waals surface area (Å²) in [5, 5.41) is 9.78. The minimum Gasteiger partial charge on any atom is -0.370 e. The highest BCUT2D eigenvalue weighted by molar-refractivity contribution is 7.09. The van der Waals surface area contributed by atoms with Gasteiger partial charge < -0.3 is 10.6 Å². The number of hydrogen-bond acceptors (Lipinski definition) is 6. The van der Waals surface area contributed by atoms with Gasteiger partial charge in [0.25, 0.3) is 0 Å². The molecule has 0 aromatic carbocycles. The quantitative estimate of drug-likeness (QED) is 0.817. The Morgan fingerprint density at radius 1 is 1.15 bits per heavy atom. The van der Waals surface area contributed by atoms with Gasteiger partial charge in [0.1, 0.15) is 23.0 Å². The largest absolute Gasteiger partial charge is 0.370 e. The standard InChI is InChI=1S/C14H21N5S/c1-4-5-16-13-12(10(2)3)14(19-9-18-13)17-8-11-15-6-7-20-11/h6-7,9-10H,4-5,8H2,1-3H3,(H2,16,17,18,19). The third-order valence-corrected chi connectivity index (χ3v) is 3.67. The van der Waals surface area contributed by atoms with Gasteiger partial charge in [-0.2, -0.15) is 0 Å². The molecule has 0 aliphatic rings. The van der Waals surface area contributed by atoms with E-state index in [9.17, 15) is 0 Å². The zero-order valence-electron chi connectivity index (χ0n) is 12.2. The van der Waals surface area contributed by atoms with Crippen LogP contribution in [0.5, 0.6) is 0 Å². The Bertz CT molecular complexity index is 524. The van der Waals surface area contributed by atoms with Crippen molar-refractivity contribution >= 4 is 23.0 Å². The number of hydrogen-bond donors (Lipinski definition) is 2. The number of nitrogens with one attached hydrogen (secondary N) is 2. The molecule has 6 heteroatoms. The first-order chi connectivity index (χ1) is 9.72. The maximum Gasteiger partial charge on any atom is 0.135 e. The van der Waals surface area contributed by atoms with Crippen molar-refractivity contribution in [1.29, 1.82) is 0 Å². The van der Waals surface area contributed by atoms with Gasteiger partial charge in [-0.3, -0.25) is 0 Å². The molecule has 0 radical (unpaired) electrons. The first kappa shape index (κ1) is 14.7. The SMILES string of the molecule is CCCNc1ncnc(NCc2nccs2)c1C(C)C. The third kappa shape index (κ3) is 3.66. The topological polar surface area (TPSA) is 62.7 Å². The highest BCUT2D eigenvalue weighted by Gasteiger charge is 2.14. The van der Waals surface area contributed by atoms with Crippen LogP contribution >= 0.6 is 11.3 Å². The maximum atomic E-state index is 4.38. The Labute approximate surface area is 123 Å². The van der Waals surface area contributed by atoms with Crippen LogP contribution in [0.15, 0.2) is 17.9 Å². The minimum atomic E-state index is 0.356. The van der Waals surface area contributed by atoms with Crippen LogP contribution in [0.25, 0.3) is 0 Å². The average Bonchev–Trinajstić information content (AvgIpc) is 2.95. The van der Waals surface area contributed by atoms with E-state index in [1.165, 1.54) is 0 Å². The summed E-state index contributed by atoms with van der Waals surface area (Å²) < 4.78 is 0. The first-order valence-corrected chi connectivity index (χ1v) is 7.81. The maximum absolute atomic E-state index is 4.38. The van der Waals surface area contributed by atoms with Crippen LogP contribution in [0.1, 0.15) is 43.7 Å². The number of thiazole rings is 1. The summed E-state index contributed by atoms with van der Waals surface area (Å²) >= 11 is 1.64. The van der Waals surface area contributed by atoms with E-state index in [2.05, 4.69) is 46.4 Å². The van der Waals surface area contributed by atoms with E-state index in [4.69, 9.17) is 0 Å². The molecule has 0 bridgehead atoms. The van der Waals surface area contributed by atoms with E-state index in [1.54, 1.807) is 17.7 Å². The van der Waals surface area contributed by atoms with Crippen molar-refractivity contribution in [3.05, 3.63) is 28.5 Å². The van der Waals surface area contributed by atoms with E-state index in [0.717, 1.165) is 35.2 Å². The van der Waals surface area contributed by atoms with Gasteiger partial charge in [-0.1, -0.05) is 20.8 Å². The smallest absolute Gasteiger partial charge is 0.135 e. The third-order valence-electron chi connectivity index (χ3n) is 2.89. The summed E-state index contributed by atoms with van der Waals surface area (Å²) in [5.74, 6) is 2.18. The lowest BCUT2D eigenvalue weighted by Crippen LogP contribution is -2.11. The molecule has 0 aliphatic carbocycles. The van der Waals surface area contributed by atoms with E-state index >= 15 is 0 Å². The summed E-state index contributed by atoms with van der Waals surface area (Å²) in [6.45, 7) is 8.07. The Kier molecular flexibility index (Phi) is 5.29. The van der Waals surface area contributed by atoms with Crippen LogP contribution < -0.4 is 10.6 Å². The van der Waals surface area contributed by atoms with Crippen LogP contribution in [0.4, 0.5) is 11.6 Å². The molecule has 0 aliphatic heterocycles. The molecule has 0 unspecified atom stereocenters. The minimum absolute atomic E-state index is 0.356. The number of rotatable bonds is 7. The fraction of sp³-hybridized carbons (Fsp3) is 0.500. The van der Waals surface area contributed by atoms with Gasteiger partial charge in [-0.25, -0.2) is 15.0 Å². The van der Waals surface area contributed by atoms with Crippen molar-refractivity contribution in [2.24, 2.45) is 0 Å². The van der Waals surface area contributed by atoms with Gasteiger partial charge >= 0.3 is 0 Å². The zero-order chi connectivity index (χ0) is 14.4. The van der Waals surface area contributed by atoms with Crippen molar-refractivity contribution in [1.82, 2.24) is 15.0 Å². The van der Waals surface area contributed by atoms with Crippen molar-refractivity contribution in [2.45, 2.75) is 39.7 Å². The van der Waals surface area contributed by atoms with Gasteiger partial charge in [0.2, 0.25) is 0 Å². The molecular formula is C14H21N5S. The van der Waals surface area contributed by atoms with E-state index in [1.807, 2.05) is 11.6 Å². The summed E-state index contributed by atoms with van der Waals surface area (Å²) in [4.78, 5) is 13.0. The van der Waals surface area contributed by atoms with Gasteiger partial charge in [0, 0.05) is 23.7 Å². The molecule has 0 spiro atoms. The average molecular weight is 291 g/mol. The Hall–Kier alpha value is -1.69. The lowest BCUT2D eigenvalue weighted by atomic mass is 10.0. The fourth-order valence-electron chi connectivity index (χ4n) is 1.97. The molecule has 0 atom stereocenters. The molecular weight excluding hydrogens is 270 g/mol. The molecule has 2 rings (SSSR count). The Morgan fingerprint density at radius 2 is 1.90 bits per heavy atom. The highest BCUT2D eigenvalue weighted by atomic mass is 32.1. The number of aromatic nitrogens is 3. The zero-order valence-corrected chi connectivity index (χ0v) is 13.0. The predicted octanol–water partition coefficient (Wildman–Crippen LogP) is 3.49. The van der Waals surface area contributed by atoms with E-state index in [0.29, 0.717) is 12.5 Å². The molecule has 20 heavy (non-hydrogen) atoms. The molecule has 0 saturated carbocycles. The van der Waals surface area contributed by atoms with Gasteiger partial charge in [0.05, 0.1) is 6.54 Å². The lowest BCUT2D eigenvalue weighted by molar-refractivity contribution is 0.839. The molecule has 2 aromatic heterocycles. The van der Waals surface area contributed by atoms with Crippen molar-refractivity contribution < 1.29 is 0 Å². The molecule has 2 heterocycles. The summed E-state index contributed by atoms with van der Waals surface area (Å²) in [6, 6.07) is 0. The second kappa shape index (κ2) is 7.19. The Morgan fingerprint density at radius 3 is 2.50 bits per heavy atom. The number of nitrogens with zero attached hydrogens (tertiary/aromatic N) is 3. The van der Waals surface area contributed by atoms with E-state index in [-0.39, 0.29) is 0 Å². The van der Waals surface area contributed by atoms with Crippen LogP contribution in [0.2, 0.25) is 0 Å². The van der Waals surface area contributed by atoms with Crippen molar-refractivity contribution in [2.75, 3.05) is 17.2 Å². The first-order valence-electron chi connectivity index (χ1n) is 6.93. The van der Waals surface area contributed by atoms with E-state index < -0.39 is 0 Å². The molecule has 2 N–H and O–H groups in total. The van der Waals surface area contributed by atoms with Gasteiger partial charge in [-0.15, -0.1) is 11.3 Å². The van der Waals surface area contributed by atoms with Crippen molar-refractivity contribution in [3.8, 4) is 0 Å². The fourth-order valence-corrected chi connectivity index (χ4v) is 2.52. The highest BCUT2D eigenvalue weighted by Crippen LogP contribution is 2.28. The van der Waals surface area contributed by atoms with Crippen LogP contribution in [-0.2, 0) is 6.54 Å². The second-order valence-electron chi connectivity index (χ2n) is 4.85.